The smallest absolute Gasteiger partial charge is 0.273 e. The van der Waals surface area contributed by atoms with Crippen molar-refractivity contribution in [1.29, 1.82) is 0 Å². The molecule has 0 unspecified atom stereocenters. The van der Waals surface area contributed by atoms with Crippen molar-refractivity contribution in [2.75, 3.05) is 32.7 Å². The molecule has 3 rings (SSSR count). The van der Waals surface area contributed by atoms with Gasteiger partial charge in [-0.15, -0.1) is 11.3 Å². The molecule has 0 radical (unpaired) electrons. The van der Waals surface area contributed by atoms with Gasteiger partial charge in [0.2, 0.25) is 0 Å². The molecule has 5 nitrogen and oxygen atoms in total. The number of carbonyl (C=O) groups is 1. The largest absolute Gasteiger partial charge is 0.462 e. The van der Waals surface area contributed by atoms with E-state index in [-0.39, 0.29) is 5.91 Å². The van der Waals surface area contributed by atoms with Gasteiger partial charge in [0.1, 0.15) is 5.69 Å². The zero-order valence-electron chi connectivity index (χ0n) is 12.3. The third-order valence-corrected chi connectivity index (χ3v) is 4.82. The summed E-state index contributed by atoms with van der Waals surface area (Å²) in [6.07, 6.45) is 1.62. The fourth-order valence-electron chi connectivity index (χ4n) is 2.52. The Hall–Kier alpha value is -1.66. The molecule has 6 heteroatoms. The van der Waals surface area contributed by atoms with Crippen LogP contribution < -0.4 is 0 Å². The van der Waals surface area contributed by atoms with Gasteiger partial charge in [0, 0.05) is 31.1 Å². The number of aromatic nitrogens is 1. The number of carbonyl (C=O) groups excluding carboxylic acids is 1. The van der Waals surface area contributed by atoms with Crippen molar-refractivity contribution < 1.29 is 9.21 Å². The van der Waals surface area contributed by atoms with Crippen LogP contribution in [0.25, 0.3) is 10.8 Å². The molecule has 1 fully saturated rings. The predicted octanol–water partition coefficient (Wildman–Crippen LogP) is 2.49. The lowest BCUT2D eigenvalue weighted by Gasteiger charge is -2.33. The molecule has 1 saturated heterocycles. The number of piperazine rings is 1. The molecule has 0 aromatic carbocycles. The third kappa shape index (κ3) is 2.87. The molecule has 0 bridgehead atoms. The van der Waals surface area contributed by atoms with Crippen LogP contribution in [0.4, 0.5) is 0 Å². The molecular formula is C15H19N3O2S. The number of aryl methyl sites for hydroxylation is 1. The highest BCUT2D eigenvalue weighted by Gasteiger charge is 2.25. The summed E-state index contributed by atoms with van der Waals surface area (Å²) in [6, 6.07) is 3.70. The SMILES string of the molecule is CCN1CCN(C(=O)c2nc(-c3ccco3)sc2C)CC1. The normalized spacial score (nSPS) is 16.4. The fourth-order valence-corrected chi connectivity index (χ4v) is 3.39. The number of hydrogen-bond donors (Lipinski definition) is 0. The third-order valence-electron chi connectivity index (χ3n) is 3.84. The van der Waals surface area contributed by atoms with Crippen LogP contribution in [0, 0.1) is 6.92 Å². The van der Waals surface area contributed by atoms with Crippen molar-refractivity contribution >= 4 is 17.2 Å². The summed E-state index contributed by atoms with van der Waals surface area (Å²) < 4.78 is 5.36. The van der Waals surface area contributed by atoms with Crippen molar-refractivity contribution in [3.05, 3.63) is 29.0 Å². The van der Waals surface area contributed by atoms with Crippen LogP contribution in [-0.2, 0) is 0 Å². The maximum atomic E-state index is 12.6. The van der Waals surface area contributed by atoms with E-state index in [0.717, 1.165) is 48.4 Å². The Kier molecular flexibility index (Phi) is 4.07. The van der Waals surface area contributed by atoms with E-state index in [1.165, 1.54) is 11.3 Å². The predicted molar refractivity (Wildman–Crippen MR) is 82.6 cm³/mol. The zero-order chi connectivity index (χ0) is 14.8. The van der Waals surface area contributed by atoms with Gasteiger partial charge in [-0.1, -0.05) is 6.92 Å². The number of furan rings is 1. The van der Waals surface area contributed by atoms with Gasteiger partial charge in [-0.3, -0.25) is 4.79 Å². The molecule has 2 aromatic rings. The van der Waals surface area contributed by atoms with Crippen molar-refractivity contribution in [1.82, 2.24) is 14.8 Å². The zero-order valence-corrected chi connectivity index (χ0v) is 13.2. The minimum Gasteiger partial charge on any atom is -0.462 e. The summed E-state index contributed by atoms with van der Waals surface area (Å²) in [4.78, 5) is 22.3. The van der Waals surface area contributed by atoms with Gasteiger partial charge < -0.3 is 14.2 Å². The molecule has 1 aliphatic rings. The number of amides is 1. The van der Waals surface area contributed by atoms with E-state index in [4.69, 9.17) is 4.42 Å². The average molecular weight is 305 g/mol. The van der Waals surface area contributed by atoms with Crippen molar-refractivity contribution in [3.8, 4) is 10.8 Å². The van der Waals surface area contributed by atoms with Gasteiger partial charge in [-0.05, 0) is 25.6 Å². The highest BCUT2D eigenvalue weighted by molar-refractivity contribution is 7.15. The molecule has 1 aliphatic heterocycles. The molecule has 0 spiro atoms. The molecule has 0 atom stereocenters. The standard InChI is InChI=1S/C15H19N3O2S/c1-3-17-6-8-18(9-7-17)15(19)13-11(2)21-14(16-13)12-5-4-10-20-12/h4-5,10H,3,6-9H2,1-2H3. The van der Waals surface area contributed by atoms with Crippen molar-refractivity contribution in [2.45, 2.75) is 13.8 Å². The molecule has 3 heterocycles. The van der Waals surface area contributed by atoms with Gasteiger partial charge in [-0.2, -0.15) is 0 Å². The first-order valence-electron chi connectivity index (χ1n) is 7.22. The average Bonchev–Trinajstić information content (AvgIpc) is 3.16. The second kappa shape index (κ2) is 5.99. The monoisotopic (exact) mass is 305 g/mol. The first-order valence-corrected chi connectivity index (χ1v) is 8.03. The maximum Gasteiger partial charge on any atom is 0.273 e. The Balaban J connectivity index is 1.76. The van der Waals surface area contributed by atoms with E-state index in [1.54, 1.807) is 6.26 Å². The van der Waals surface area contributed by atoms with Crippen LogP contribution in [0.2, 0.25) is 0 Å². The van der Waals surface area contributed by atoms with Crippen molar-refractivity contribution in [2.24, 2.45) is 0 Å². The lowest BCUT2D eigenvalue weighted by molar-refractivity contribution is 0.0638. The van der Waals surface area contributed by atoms with E-state index >= 15 is 0 Å². The molecule has 112 valence electrons. The Morgan fingerprint density at radius 1 is 1.38 bits per heavy atom. The van der Waals surface area contributed by atoms with Crippen LogP contribution in [0.3, 0.4) is 0 Å². The lowest BCUT2D eigenvalue weighted by atomic mass is 10.2. The minimum absolute atomic E-state index is 0.0392. The van der Waals surface area contributed by atoms with E-state index in [9.17, 15) is 4.79 Å². The fraction of sp³-hybridized carbons (Fsp3) is 0.467. The second-order valence-corrected chi connectivity index (χ2v) is 6.33. The van der Waals surface area contributed by atoms with Gasteiger partial charge >= 0.3 is 0 Å². The number of nitrogens with zero attached hydrogens (tertiary/aromatic N) is 3. The van der Waals surface area contributed by atoms with Crippen LogP contribution in [-0.4, -0.2) is 53.4 Å². The quantitative estimate of drug-likeness (QED) is 0.874. The molecule has 21 heavy (non-hydrogen) atoms. The summed E-state index contributed by atoms with van der Waals surface area (Å²) in [6.45, 7) is 8.57. The Labute approximate surface area is 128 Å². The molecule has 1 amide bonds. The first kappa shape index (κ1) is 14.3. The summed E-state index contributed by atoms with van der Waals surface area (Å²) >= 11 is 1.51. The second-order valence-electron chi connectivity index (χ2n) is 5.13. The number of likely N-dealkylation sites (N-methyl/N-ethyl adjacent to an activating group) is 1. The number of thiazole rings is 1. The molecule has 0 saturated carbocycles. The van der Waals surface area contributed by atoms with Gasteiger partial charge in [0.25, 0.3) is 5.91 Å². The molecule has 0 N–H and O–H groups in total. The molecular weight excluding hydrogens is 286 g/mol. The lowest BCUT2D eigenvalue weighted by Crippen LogP contribution is -2.48. The molecule has 2 aromatic heterocycles. The summed E-state index contributed by atoms with van der Waals surface area (Å²) in [7, 11) is 0. The van der Waals surface area contributed by atoms with E-state index < -0.39 is 0 Å². The highest BCUT2D eigenvalue weighted by Crippen LogP contribution is 2.28. The van der Waals surface area contributed by atoms with E-state index in [1.807, 2.05) is 24.0 Å². The number of hydrogen-bond acceptors (Lipinski definition) is 5. The Morgan fingerprint density at radius 3 is 2.76 bits per heavy atom. The van der Waals surface area contributed by atoms with Crippen LogP contribution in [0.15, 0.2) is 22.8 Å². The highest BCUT2D eigenvalue weighted by atomic mass is 32.1. The summed E-state index contributed by atoms with van der Waals surface area (Å²) in [5.41, 5.74) is 0.566. The minimum atomic E-state index is 0.0392. The number of rotatable bonds is 3. The van der Waals surface area contributed by atoms with E-state index in [2.05, 4.69) is 16.8 Å². The Bertz CT molecular complexity index is 613. The summed E-state index contributed by atoms with van der Waals surface area (Å²) in [5.74, 6) is 0.760. The van der Waals surface area contributed by atoms with Crippen LogP contribution >= 0.6 is 11.3 Å². The summed E-state index contributed by atoms with van der Waals surface area (Å²) in [5, 5.41) is 0.771. The maximum absolute atomic E-state index is 12.6. The van der Waals surface area contributed by atoms with Gasteiger partial charge in [0.15, 0.2) is 10.8 Å². The first-order chi connectivity index (χ1) is 10.2. The van der Waals surface area contributed by atoms with Gasteiger partial charge in [-0.25, -0.2) is 4.98 Å². The molecule has 0 aliphatic carbocycles. The topological polar surface area (TPSA) is 49.6 Å². The van der Waals surface area contributed by atoms with Crippen LogP contribution in [0.1, 0.15) is 22.3 Å². The van der Waals surface area contributed by atoms with E-state index in [0.29, 0.717) is 5.69 Å². The van der Waals surface area contributed by atoms with Crippen LogP contribution in [0.5, 0.6) is 0 Å². The Morgan fingerprint density at radius 2 is 2.14 bits per heavy atom. The van der Waals surface area contributed by atoms with Crippen molar-refractivity contribution in [3.63, 3.8) is 0 Å². The van der Waals surface area contributed by atoms with Gasteiger partial charge in [0.05, 0.1) is 6.26 Å².